The molecule has 1 fully saturated rings. The number of amides is 1. The molecule has 0 bridgehead atoms. The highest BCUT2D eigenvalue weighted by Gasteiger charge is 2.18. The fourth-order valence-electron chi connectivity index (χ4n) is 4.77. The number of rotatable bonds is 17. The summed E-state index contributed by atoms with van der Waals surface area (Å²) in [4.78, 5) is 34.2. The molecule has 8 heteroatoms. The second kappa shape index (κ2) is 18.7. The van der Waals surface area contributed by atoms with E-state index in [1.54, 1.807) is 0 Å². The first-order valence-corrected chi connectivity index (χ1v) is 15.4. The molecule has 0 saturated carbocycles. The zero-order chi connectivity index (χ0) is 29.3. The summed E-state index contributed by atoms with van der Waals surface area (Å²) in [7, 11) is 1.40. The number of amidine groups is 1. The second-order valence-electron chi connectivity index (χ2n) is 11.9. The zero-order valence-electron chi connectivity index (χ0n) is 26.1. The van der Waals surface area contributed by atoms with Crippen molar-refractivity contribution in [3.05, 3.63) is 23.8 Å². The minimum atomic E-state index is -0.215. The van der Waals surface area contributed by atoms with Gasteiger partial charge >= 0.3 is 5.97 Å². The van der Waals surface area contributed by atoms with E-state index in [1.807, 2.05) is 30.0 Å². The van der Waals surface area contributed by atoms with Crippen LogP contribution >= 0.6 is 0 Å². The minimum Gasteiger partial charge on any atom is -0.469 e. The number of carbonyl (C=O) groups is 2. The van der Waals surface area contributed by atoms with Crippen LogP contribution in [0.2, 0.25) is 0 Å². The van der Waals surface area contributed by atoms with Crippen LogP contribution < -0.4 is 10.6 Å². The molecule has 0 atom stereocenters. The van der Waals surface area contributed by atoms with Crippen molar-refractivity contribution in [3.63, 3.8) is 0 Å². The van der Waals surface area contributed by atoms with Crippen LogP contribution in [0.1, 0.15) is 96.3 Å². The largest absolute Gasteiger partial charge is 0.469 e. The molecule has 1 saturated heterocycles. The van der Waals surface area contributed by atoms with Crippen LogP contribution in [0.4, 0.5) is 11.4 Å². The highest BCUT2D eigenvalue weighted by Crippen LogP contribution is 2.25. The maximum Gasteiger partial charge on any atom is 0.305 e. The maximum absolute atomic E-state index is 13.7. The predicted octanol–water partition coefficient (Wildman–Crippen LogP) is 6.29. The number of likely N-dealkylation sites (tertiary alicyclic amines) is 1. The highest BCUT2D eigenvalue weighted by atomic mass is 16.5. The first kappa shape index (κ1) is 33.6. The number of ether oxygens (including phenoxy) is 1. The summed E-state index contributed by atoms with van der Waals surface area (Å²) in [6, 6.07) is 5.90. The van der Waals surface area contributed by atoms with E-state index >= 15 is 0 Å². The lowest BCUT2D eigenvalue weighted by molar-refractivity contribution is -0.140. The van der Waals surface area contributed by atoms with Gasteiger partial charge in [-0.25, -0.2) is 0 Å². The van der Waals surface area contributed by atoms with Gasteiger partial charge in [0.2, 0.25) is 0 Å². The Bertz CT molecular complexity index is 913. The number of nitrogens with one attached hydrogen (secondary N) is 2. The van der Waals surface area contributed by atoms with Gasteiger partial charge in [-0.1, -0.05) is 34.1 Å². The number of carbonyl (C=O) groups excluding carboxylic acids is 2. The van der Waals surface area contributed by atoms with Crippen LogP contribution in [0.25, 0.3) is 0 Å². The topological polar surface area (TPSA) is 86.3 Å². The van der Waals surface area contributed by atoms with E-state index in [1.165, 1.54) is 39.5 Å². The molecular formula is C32H55N5O3. The summed E-state index contributed by atoms with van der Waals surface area (Å²) >= 11 is 0. The number of piperidine rings is 1. The van der Waals surface area contributed by atoms with E-state index in [0.29, 0.717) is 36.8 Å². The van der Waals surface area contributed by atoms with Gasteiger partial charge in [0.15, 0.2) is 0 Å². The van der Waals surface area contributed by atoms with Crippen molar-refractivity contribution in [1.29, 1.82) is 0 Å². The number of anilines is 2. The van der Waals surface area contributed by atoms with E-state index in [2.05, 4.69) is 48.2 Å². The van der Waals surface area contributed by atoms with E-state index in [4.69, 9.17) is 4.74 Å². The van der Waals surface area contributed by atoms with E-state index < -0.39 is 0 Å². The van der Waals surface area contributed by atoms with E-state index in [-0.39, 0.29) is 11.9 Å². The first-order valence-electron chi connectivity index (χ1n) is 15.4. The van der Waals surface area contributed by atoms with Gasteiger partial charge in [0, 0.05) is 38.2 Å². The van der Waals surface area contributed by atoms with Crippen molar-refractivity contribution in [2.75, 3.05) is 63.6 Å². The Morgan fingerprint density at radius 1 is 1.00 bits per heavy atom. The van der Waals surface area contributed by atoms with Crippen molar-refractivity contribution >= 4 is 29.1 Å². The predicted molar refractivity (Wildman–Crippen MR) is 168 cm³/mol. The third kappa shape index (κ3) is 13.2. The molecule has 0 radical (unpaired) electrons. The second-order valence-corrected chi connectivity index (χ2v) is 11.9. The Balaban J connectivity index is 2.14. The van der Waals surface area contributed by atoms with E-state index in [9.17, 15) is 9.59 Å². The molecule has 0 unspecified atom stereocenters. The fourth-order valence-corrected chi connectivity index (χ4v) is 4.77. The van der Waals surface area contributed by atoms with Crippen LogP contribution in [-0.2, 0) is 9.53 Å². The number of benzene rings is 1. The smallest absolute Gasteiger partial charge is 0.305 e. The van der Waals surface area contributed by atoms with E-state index in [0.717, 1.165) is 62.7 Å². The quantitative estimate of drug-likeness (QED) is 0.101. The summed E-state index contributed by atoms with van der Waals surface area (Å²) in [5.41, 5.74) is 2.53. The Hall–Kier alpha value is -2.61. The van der Waals surface area contributed by atoms with Gasteiger partial charge < -0.3 is 25.2 Å². The lowest BCUT2D eigenvalue weighted by atomic mass is 10.1. The molecule has 2 rings (SSSR count). The standard InChI is InChI=1S/C32H55N5O3/c1-25(2)15-22-37(23-16-26(3)4)32(39)28-13-14-29(35-27(5)33-17-10-12-31(38)40-6)30(24-28)34-18-11-21-36-19-8-7-9-20-36/h13-14,24-26,34H,7-12,15-23H2,1-6H3,(H,33,35). The highest BCUT2D eigenvalue weighted by molar-refractivity contribution is 6.00. The normalized spacial score (nSPS) is 14.4. The van der Waals surface area contributed by atoms with Crippen molar-refractivity contribution < 1.29 is 14.3 Å². The average molecular weight is 558 g/mol. The van der Waals surface area contributed by atoms with Crippen LogP contribution in [-0.4, -0.2) is 80.4 Å². The first-order chi connectivity index (χ1) is 19.2. The van der Waals surface area contributed by atoms with Gasteiger partial charge in [0.1, 0.15) is 0 Å². The average Bonchev–Trinajstić information content (AvgIpc) is 2.94. The molecule has 8 nitrogen and oxygen atoms in total. The van der Waals surface area contributed by atoms with Gasteiger partial charge in [-0.15, -0.1) is 0 Å². The molecule has 226 valence electrons. The summed E-state index contributed by atoms with van der Waals surface area (Å²) in [6.45, 7) is 17.2. The molecule has 1 heterocycles. The summed E-state index contributed by atoms with van der Waals surface area (Å²) in [5, 5.41) is 7.02. The van der Waals surface area contributed by atoms with Crippen LogP contribution in [0.15, 0.2) is 23.2 Å². The maximum atomic E-state index is 13.7. The molecule has 1 aliphatic rings. The van der Waals surface area contributed by atoms with Crippen LogP contribution in [0, 0.1) is 11.8 Å². The monoisotopic (exact) mass is 557 g/mol. The number of hydrogen-bond acceptors (Lipinski definition) is 6. The van der Waals surface area contributed by atoms with Gasteiger partial charge in [0.25, 0.3) is 5.91 Å². The van der Waals surface area contributed by atoms with Gasteiger partial charge in [-0.2, -0.15) is 0 Å². The number of aliphatic imine (C=N–C) groups is 1. The molecule has 1 aliphatic heterocycles. The molecular weight excluding hydrogens is 502 g/mol. The number of hydrogen-bond donors (Lipinski definition) is 2. The zero-order valence-corrected chi connectivity index (χ0v) is 26.1. The van der Waals surface area contributed by atoms with Gasteiger partial charge in [-0.05, 0) is 95.1 Å². The van der Waals surface area contributed by atoms with Crippen LogP contribution in [0.3, 0.4) is 0 Å². The molecule has 1 aromatic rings. The summed E-state index contributed by atoms with van der Waals surface area (Å²) < 4.78 is 4.71. The SMILES string of the molecule is COC(=O)CCCN=C(C)Nc1ccc(C(=O)N(CCC(C)C)CCC(C)C)cc1NCCCN1CCCCC1. The van der Waals surface area contributed by atoms with Crippen molar-refractivity contribution in [3.8, 4) is 0 Å². The van der Waals surface area contributed by atoms with Gasteiger partial charge in [-0.3, -0.25) is 14.6 Å². The Morgan fingerprint density at radius 2 is 1.68 bits per heavy atom. The van der Waals surface area contributed by atoms with Crippen molar-refractivity contribution in [1.82, 2.24) is 9.80 Å². The van der Waals surface area contributed by atoms with Crippen LogP contribution in [0.5, 0.6) is 0 Å². The minimum absolute atomic E-state index is 0.0948. The Kier molecular flexibility index (Phi) is 15.7. The molecule has 0 spiro atoms. The third-order valence-corrected chi connectivity index (χ3v) is 7.35. The summed E-state index contributed by atoms with van der Waals surface area (Å²) in [6.07, 6.45) is 7.99. The number of methoxy groups -OCH3 is 1. The third-order valence-electron chi connectivity index (χ3n) is 7.35. The van der Waals surface area contributed by atoms with Crippen molar-refractivity contribution in [2.24, 2.45) is 16.8 Å². The lowest BCUT2D eigenvalue weighted by Gasteiger charge is -2.26. The Morgan fingerprint density at radius 3 is 2.30 bits per heavy atom. The molecule has 1 aromatic carbocycles. The Labute approximate surface area is 243 Å². The van der Waals surface area contributed by atoms with Gasteiger partial charge in [0.05, 0.1) is 24.3 Å². The molecule has 40 heavy (non-hydrogen) atoms. The van der Waals surface area contributed by atoms with Crippen molar-refractivity contribution in [2.45, 2.75) is 86.0 Å². The lowest BCUT2D eigenvalue weighted by Crippen LogP contribution is -2.34. The number of esters is 1. The summed E-state index contributed by atoms with van der Waals surface area (Å²) in [5.74, 6) is 1.75. The fraction of sp³-hybridized carbons (Fsp3) is 0.719. The molecule has 1 amide bonds. The molecule has 2 N–H and O–H groups in total. The molecule has 0 aliphatic carbocycles. The molecule has 0 aromatic heterocycles. The number of nitrogens with zero attached hydrogens (tertiary/aromatic N) is 3.